The van der Waals surface area contributed by atoms with E-state index in [9.17, 15) is 0 Å². The Morgan fingerprint density at radius 3 is 3.00 bits per heavy atom. The zero-order valence-corrected chi connectivity index (χ0v) is 5.35. The molecule has 1 heteroatoms. The zero-order chi connectivity index (χ0) is 5.82. The monoisotopic (exact) mass is 111 g/mol. The van der Waals surface area contributed by atoms with E-state index in [0.29, 0.717) is 0 Å². The van der Waals surface area contributed by atoms with Crippen LogP contribution in [-0.4, -0.2) is 13.1 Å². The second-order valence-corrected chi connectivity index (χ2v) is 2.28. The summed E-state index contributed by atoms with van der Waals surface area (Å²) >= 11 is 0. The van der Waals surface area contributed by atoms with Crippen molar-refractivity contribution in [1.29, 1.82) is 0 Å². The van der Waals surface area contributed by atoms with Gasteiger partial charge in [-0.1, -0.05) is 12.2 Å². The minimum absolute atomic E-state index is 0.819. The largest absolute Gasteiger partial charge is 0.316 e. The van der Waals surface area contributed by atoms with Gasteiger partial charge in [-0.25, -0.2) is 0 Å². The molecule has 0 bridgehead atoms. The van der Waals surface area contributed by atoms with Gasteiger partial charge >= 0.3 is 0 Å². The number of allylic oxidation sites excluding steroid dienone is 1. The molecule has 1 aliphatic heterocycles. The Labute approximate surface area is 50.8 Å². The minimum Gasteiger partial charge on any atom is -0.316 e. The van der Waals surface area contributed by atoms with Crippen LogP contribution in [0.1, 0.15) is 13.3 Å². The van der Waals surface area contributed by atoms with Crippen molar-refractivity contribution >= 4 is 0 Å². The van der Waals surface area contributed by atoms with Gasteiger partial charge in [0.15, 0.2) is 0 Å². The maximum Gasteiger partial charge on any atom is 0.00146 e. The van der Waals surface area contributed by atoms with Gasteiger partial charge in [0, 0.05) is 6.54 Å². The molecule has 0 spiro atoms. The van der Waals surface area contributed by atoms with Gasteiger partial charge in [-0.05, 0) is 25.8 Å². The summed E-state index contributed by atoms with van der Waals surface area (Å²) in [5, 5.41) is 3.31. The van der Waals surface area contributed by atoms with Crippen molar-refractivity contribution < 1.29 is 0 Å². The van der Waals surface area contributed by atoms with Crippen molar-refractivity contribution in [2.24, 2.45) is 5.92 Å². The second kappa shape index (κ2) is 2.88. The summed E-state index contributed by atoms with van der Waals surface area (Å²) in [6.45, 7) is 4.47. The third kappa shape index (κ3) is 1.34. The van der Waals surface area contributed by atoms with Crippen LogP contribution in [0.15, 0.2) is 12.2 Å². The molecule has 0 aromatic rings. The first kappa shape index (κ1) is 5.83. The maximum atomic E-state index is 3.31. The van der Waals surface area contributed by atoms with E-state index in [2.05, 4.69) is 24.4 Å². The van der Waals surface area contributed by atoms with Crippen molar-refractivity contribution in [1.82, 2.24) is 5.32 Å². The highest BCUT2D eigenvalue weighted by atomic mass is 14.9. The van der Waals surface area contributed by atoms with E-state index in [1.807, 2.05) is 0 Å². The summed E-state index contributed by atoms with van der Waals surface area (Å²) in [5.74, 6) is 0.819. The molecule has 1 atom stereocenters. The first-order valence-electron chi connectivity index (χ1n) is 3.27. The van der Waals surface area contributed by atoms with Gasteiger partial charge in [0.25, 0.3) is 0 Å². The lowest BCUT2D eigenvalue weighted by Gasteiger charge is -1.95. The van der Waals surface area contributed by atoms with Gasteiger partial charge in [-0.3, -0.25) is 0 Å². The highest BCUT2D eigenvalue weighted by molar-refractivity contribution is 4.90. The molecule has 1 rings (SSSR count). The molecule has 0 saturated carbocycles. The SMILES string of the molecule is CC=CC1CCNC1. The van der Waals surface area contributed by atoms with Crippen molar-refractivity contribution in [3.63, 3.8) is 0 Å². The van der Waals surface area contributed by atoms with Crippen LogP contribution in [0.4, 0.5) is 0 Å². The molecule has 0 aromatic heterocycles. The molecule has 0 radical (unpaired) electrons. The predicted octanol–water partition coefficient (Wildman–Crippen LogP) is 1.17. The first-order valence-corrected chi connectivity index (χ1v) is 3.27. The van der Waals surface area contributed by atoms with Gasteiger partial charge in [-0.15, -0.1) is 0 Å². The number of hydrogen-bond acceptors (Lipinski definition) is 1. The minimum atomic E-state index is 0.819. The summed E-state index contributed by atoms with van der Waals surface area (Å²) in [5.41, 5.74) is 0. The Kier molecular flexibility index (Phi) is 2.10. The molecule has 0 aliphatic carbocycles. The van der Waals surface area contributed by atoms with E-state index in [1.165, 1.54) is 19.5 Å². The Hall–Kier alpha value is -0.300. The quantitative estimate of drug-likeness (QED) is 0.501. The average molecular weight is 111 g/mol. The molecule has 1 heterocycles. The van der Waals surface area contributed by atoms with Crippen LogP contribution < -0.4 is 5.32 Å². The molecule has 1 fully saturated rings. The fourth-order valence-corrected chi connectivity index (χ4v) is 1.11. The highest BCUT2D eigenvalue weighted by Gasteiger charge is 2.08. The smallest absolute Gasteiger partial charge is 0.00146 e. The van der Waals surface area contributed by atoms with E-state index in [-0.39, 0.29) is 0 Å². The molecule has 0 aromatic carbocycles. The molecular weight excluding hydrogens is 98.1 g/mol. The van der Waals surface area contributed by atoms with Gasteiger partial charge in [-0.2, -0.15) is 0 Å². The number of hydrogen-bond donors (Lipinski definition) is 1. The van der Waals surface area contributed by atoms with E-state index < -0.39 is 0 Å². The lowest BCUT2D eigenvalue weighted by molar-refractivity contribution is 0.727. The molecule has 1 aliphatic rings. The number of nitrogens with one attached hydrogen (secondary N) is 1. The molecule has 1 unspecified atom stereocenters. The van der Waals surface area contributed by atoms with Gasteiger partial charge in [0.2, 0.25) is 0 Å². The van der Waals surface area contributed by atoms with Crippen LogP contribution in [0.2, 0.25) is 0 Å². The average Bonchev–Trinajstić information content (AvgIpc) is 2.19. The van der Waals surface area contributed by atoms with Crippen LogP contribution in [0.5, 0.6) is 0 Å². The van der Waals surface area contributed by atoms with Crippen LogP contribution in [0, 0.1) is 5.92 Å². The van der Waals surface area contributed by atoms with Crippen molar-refractivity contribution in [2.45, 2.75) is 13.3 Å². The lowest BCUT2D eigenvalue weighted by Crippen LogP contribution is -2.07. The molecular formula is C7H13N. The van der Waals surface area contributed by atoms with Crippen LogP contribution in [0.3, 0.4) is 0 Å². The molecule has 8 heavy (non-hydrogen) atoms. The maximum absolute atomic E-state index is 3.31. The fraction of sp³-hybridized carbons (Fsp3) is 0.714. The van der Waals surface area contributed by atoms with Crippen molar-refractivity contribution in [3.05, 3.63) is 12.2 Å². The predicted molar refractivity (Wildman–Crippen MR) is 35.8 cm³/mol. The first-order chi connectivity index (χ1) is 3.93. The molecule has 46 valence electrons. The van der Waals surface area contributed by atoms with E-state index in [0.717, 1.165) is 5.92 Å². The van der Waals surface area contributed by atoms with E-state index in [1.54, 1.807) is 0 Å². The summed E-state index contributed by atoms with van der Waals surface area (Å²) in [7, 11) is 0. The van der Waals surface area contributed by atoms with Gasteiger partial charge in [0.05, 0.1) is 0 Å². The normalized spacial score (nSPS) is 29.9. The van der Waals surface area contributed by atoms with Crippen molar-refractivity contribution in [2.75, 3.05) is 13.1 Å². The van der Waals surface area contributed by atoms with Crippen LogP contribution >= 0.6 is 0 Å². The Morgan fingerprint density at radius 2 is 2.50 bits per heavy atom. The molecule has 1 N–H and O–H groups in total. The summed E-state index contributed by atoms with van der Waals surface area (Å²) in [6, 6.07) is 0. The second-order valence-electron chi connectivity index (χ2n) is 2.28. The third-order valence-corrected chi connectivity index (χ3v) is 1.56. The summed E-state index contributed by atoms with van der Waals surface area (Å²) in [6.07, 6.45) is 5.74. The third-order valence-electron chi connectivity index (χ3n) is 1.56. The fourth-order valence-electron chi connectivity index (χ4n) is 1.11. The number of rotatable bonds is 1. The van der Waals surface area contributed by atoms with E-state index in [4.69, 9.17) is 0 Å². The molecule has 1 saturated heterocycles. The Morgan fingerprint density at radius 1 is 1.62 bits per heavy atom. The highest BCUT2D eigenvalue weighted by Crippen LogP contribution is 2.07. The van der Waals surface area contributed by atoms with Crippen LogP contribution in [0.25, 0.3) is 0 Å². The lowest BCUT2D eigenvalue weighted by atomic mass is 10.1. The van der Waals surface area contributed by atoms with Crippen LogP contribution in [-0.2, 0) is 0 Å². The summed E-state index contributed by atoms with van der Waals surface area (Å²) in [4.78, 5) is 0. The standard InChI is InChI=1S/C7H13N/c1-2-3-7-4-5-8-6-7/h2-3,7-8H,4-6H2,1H3. The Balaban J connectivity index is 2.24. The van der Waals surface area contributed by atoms with Gasteiger partial charge < -0.3 is 5.32 Å². The Bertz CT molecular complexity index is 80.4. The summed E-state index contributed by atoms with van der Waals surface area (Å²) < 4.78 is 0. The molecule has 1 nitrogen and oxygen atoms in total. The van der Waals surface area contributed by atoms with Crippen molar-refractivity contribution in [3.8, 4) is 0 Å². The van der Waals surface area contributed by atoms with E-state index >= 15 is 0 Å². The van der Waals surface area contributed by atoms with Gasteiger partial charge in [0.1, 0.15) is 0 Å². The molecule has 0 amide bonds. The topological polar surface area (TPSA) is 12.0 Å². The zero-order valence-electron chi connectivity index (χ0n) is 5.35.